The van der Waals surface area contributed by atoms with Crippen LogP contribution in [0.4, 0.5) is 13.2 Å². The summed E-state index contributed by atoms with van der Waals surface area (Å²) in [5.74, 6) is 5.15. The van der Waals surface area contributed by atoms with E-state index in [4.69, 9.17) is 0 Å². The summed E-state index contributed by atoms with van der Waals surface area (Å²) in [4.78, 5) is 10.8. The van der Waals surface area contributed by atoms with Crippen LogP contribution >= 0.6 is 15.9 Å². The number of nitrogens with zero attached hydrogens (tertiary/aromatic N) is 1. The Morgan fingerprint density at radius 3 is 2.86 bits per heavy atom. The van der Waals surface area contributed by atoms with E-state index in [0.29, 0.717) is 15.6 Å². The van der Waals surface area contributed by atoms with Gasteiger partial charge in [-0.3, -0.25) is 0 Å². The van der Waals surface area contributed by atoms with E-state index < -0.39 is 20.0 Å². The molecule has 2 aromatic rings. The Morgan fingerprint density at radius 2 is 2.23 bits per heavy atom. The summed E-state index contributed by atoms with van der Waals surface area (Å²) >= 11 is 1.61. The van der Waals surface area contributed by atoms with Gasteiger partial charge in [0.1, 0.15) is 0 Å². The predicted molar refractivity (Wildman–Crippen MR) is 82.1 cm³/mol. The fraction of sp³-hybridized carbons (Fsp3) is 0.214. The number of rotatable bonds is 2. The number of fused-ring (bicyclic) bond motifs is 1. The van der Waals surface area contributed by atoms with Crippen molar-refractivity contribution in [1.29, 1.82) is 0 Å². The van der Waals surface area contributed by atoms with Crippen molar-refractivity contribution in [3.63, 3.8) is 0 Å². The first-order chi connectivity index (χ1) is 10.3. The van der Waals surface area contributed by atoms with Crippen molar-refractivity contribution < 1.29 is 18.0 Å². The maximum absolute atomic E-state index is 12.8. The summed E-state index contributed by atoms with van der Waals surface area (Å²) in [5.41, 5.74) is 0.960. The number of nitrogens with one attached hydrogen (secondary N) is 1. The zero-order chi connectivity index (χ0) is 16.3. The topological polar surface area (TPSA) is 33.5 Å². The Morgan fingerprint density at radius 1 is 1.50 bits per heavy atom. The number of aromatic nitrogens is 1. The number of carbonyl (C=O) groups excluding carboxylic acids is 1. The van der Waals surface area contributed by atoms with Crippen LogP contribution in [-0.2, 0) is 4.79 Å². The number of alkyl halides is 3. The van der Waals surface area contributed by atoms with E-state index in [1.807, 2.05) is 0 Å². The van der Waals surface area contributed by atoms with Crippen LogP contribution in [0.3, 0.4) is 0 Å². The van der Waals surface area contributed by atoms with Gasteiger partial charge < -0.3 is 0 Å². The number of carbonyl (C=O) groups is 1. The molecule has 0 aliphatic rings. The van der Waals surface area contributed by atoms with Crippen LogP contribution in [0.2, 0.25) is 0 Å². The van der Waals surface area contributed by atoms with Crippen LogP contribution < -0.4 is 9.91 Å². The number of hydrogen-bond donors (Lipinski definition) is 1. The first kappa shape index (κ1) is 16.9. The van der Waals surface area contributed by atoms with Gasteiger partial charge in [0.15, 0.2) is 0 Å². The zero-order valence-electron chi connectivity index (χ0n) is 11.3. The van der Waals surface area contributed by atoms with Gasteiger partial charge in [0.25, 0.3) is 0 Å². The molecular weight excluding hydrogens is 428 g/mol. The number of hydrogen-bond acceptors (Lipinski definition) is 1. The fourth-order valence-corrected chi connectivity index (χ4v) is 3.67. The molecule has 8 heteroatoms. The Kier molecular flexibility index (Phi) is 5.22. The van der Waals surface area contributed by atoms with E-state index in [1.54, 1.807) is 24.4 Å². The third kappa shape index (κ3) is 4.29. The van der Waals surface area contributed by atoms with Crippen LogP contribution in [0.15, 0.2) is 28.9 Å². The third-order valence-electron chi connectivity index (χ3n) is 2.57. The van der Waals surface area contributed by atoms with Gasteiger partial charge in [-0.15, -0.1) is 0 Å². The molecule has 22 heavy (non-hydrogen) atoms. The van der Waals surface area contributed by atoms with Crippen LogP contribution in [0.25, 0.3) is 5.52 Å². The SMILES string of the molecule is CC(=O)NCC#Cc1cc2c(Br)cccn2c1[Se]C(F)(F)F. The standard InChI is InChI=1S/C14H10BrF3N2OSe/c1-9(21)19-6-2-4-10-8-12-11(15)5-3-7-20(12)13(10)22-14(16,17)18/h3,5,7-8H,6H2,1H3,(H,19,21). The summed E-state index contributed by atoms with van der Waals surface area (Å²) in [6.07, 6.45) is 1.59. The van der Waals surface area contributed by atoms with Gasteiger partial charge in [0, 0.05) is 0 Å². The molecule has 3 nitrogen and oxygen atoms in total. The molecule has 0 fully saturated rings. The summed E-state index contributed by atoms with van der Waals surface area (Å²) < 4.78 is 40.8. The Balaban J connectivity index is 2.45. The molecule has 0 aliphatic heterocycles. The van der Waals surface area contributed by atoms with Crippen molar-refractivity contribution in [1.82, 2.24) is 9.72 Å². The third-order valence-corrected chi connectivity index (χ3v) is 5.01. The molecule has 0 saturated heterocycles. The Labute approximate surface area is 139 Å². The van der Waals surface area contributed by atoms with Gasteiger partial charge >= 0.3 is 139 Å². The van der Waals surface area contributed by atoms with Gasteiger partial charge in [-0.25, -0.2) is 0 Å². The van der Waals surface area contributed by atoms with Crippen molar-refractivity contribution in [3.05, 3.63) is 34.4 Å². The van der Waals surface area contributed by atoms with E-state index in [9.17, 15) is 18.0 Å². The van der Waals surface area contributed by atoms with Gasteiger partial charge in [-0.2, -0.15) is 0 Å². The number of halogens is 4. The minimum absolute atomic E-state index is 0.0984. The summed E-state index contributed by atoms with van der Waals surface area (Å²) in [5, 5.41) is -1.78. The van der Waals surface area contributed by atoms with Crippen molar-refractivity contribution in [2.45, 2.75) is 12.0 Å². The molecule has 0 aromatic carbocycles. The predicted octanol–water partition coefficient (Wildman–Crippen LogP) is 2.04. The number of pyridine rings is 1. The molecule has 0 radical (unpaired) electrons. The fourth-order valence-electron chi connectivity index (χ4n) is 1.75. The monoisotopic (exact) mass is 438 g/mol. The molecule has 2 rings (SSSR count). The Bertz CT molecular complexity index is 774. The van der Waals surface area contributed by atoms with Gasteiger partial charge in [0.2, 0.25) is 0 Å². The molecule has 1 N–H and O–H groups in total. The molecule has 116 valence electrons. The second kappa shape index (κ2) is 6.78. The van der Waals surface area contributed by atoms with Crippen LogP contribution in [-0.4, -0.2) is 36.9 Å². The summed E-state index contributed by atoms with van der Waals surface area (Å²) in [6.45, 7) is 1.45. The molecular formula is C14H10BrF3N2OSe. The summed E-state index contributed by atoms with van der Waals surface area (Å²) in [7, 11) is 0. The van der Waals surface area contributed by atoms with Gasteiger partial charge in [0.05, 0.1) is 0 Å². The maximum atomic E-state index is 12.8. The first-order valence-corrected chi connectivity index (χ1v) is 8.57. The van der Waals surface area contributed by atoms with E-state index >= 15 is 0 Å². The molecule has 2 aromatic heterocycles. The quantitative estimate of drug-likeness (QED) is 0.566. The van der Waals surface area contributed by atoms with E-state index in [2.05, 4.69) is 33.1 Å². The van der Waals surface area contributed by atoms with Crippen molar-refractivity contribution in [3.8, 4) is 11.8 Å². The molecule has 0 bridgehead atoms. The molecule has 2 heterocycles. The Hall–Kier alpha value is -1.42. The van der Waals surface area contributed by atoms with E-state index in [-0.39, 0.29) is 17.0 Å². The number of amides is 1. The van der Waals surface area contributed by atoms with Gasteiger partial charge in [-0.1, -0.05) is 0 Å². The molecule has 0 saturated carbocycles. The van der Waals surface area contributed by atoms with E-state index in [0.717, 1.165) is 0 Å². The molecule has 0 unspecified atom stereocenters. The van der Waals surface area contributed by atoms with Crippen molar-refractivity contribution in [2.75, 3.05) is 6.54 Å². The average Bonchev–Trinajstić information content (AvgIpc) is 2.73. The second-order valence-corrected chi connectivity index (χ2v) is 7.30. The molecule has 1 amide bonds. The van der Waals surface area contributed by atoms with Crippen molar-refractivity contribution >= 4 is 46.9 Å². The second-order valence-electron chi connectivity index (χ2n) is 4.23. The average molecular weight is 438 g/mol. The molecule has 0 atom stereocenters. The van der Waals surface area contributed by atoms with Crippen LogP contribution in [0, 0.1) is 11.8 Å². The first-order valence-electron chi connectivity index (χ1n) is 6.06. The minimum atomic E-state index is -4.27. The van der Waals surface area contributed by atoms with Crippen LogP contribution in [0.1, 0.15) is 12.5 Å². The van der Waals surface area contributed by atoms with Gasteiger partial charge in [-0.05, 0) is 0 Å². The van der Waals surface area contributed by atoms with E-state index in [1.165, 1.54) is 11.3 Å². The molecule has 0 aliphatic carbocycles. The summed E-state index contributed by atoms with van der Waals surface area (Å²) in [6, 6.07) is 5.05. The van der Waals surface area contributed by atoms with Crippen LogP contribution in [0.5, 0.6) is 0 Å². The zero-order valence-corrected chi connectivity index (χ0v) is 14.6. The van der Waals surface area contributed by atoms with Crippen molar-refractivity contribution in [2.24, 2.45) is 0 Å². The normalized spacial score (nSPS) is 11.1. The molecule has 0 spiro atoms.